The van der Waals surface area contributed by atoms with E-state index in [1.165, 1.54) is 0 Å². The molecule has 0 bridgehead atoms. The summed E-state index contributed by atoms with van der Waals surface area (Å²) in [6.07, 6.45) is -0.649. The summed E-state index contributed by atoms with van der Waals surface area (Å²) >= 11 is 6.15. The lowest BCUT2D eigenvalue weighted by atomic mass is 10.00. The fourth-order valence-electron chi connectivity index (χ4n) is 4.35. The van der Waals surface area contributed by atoms with E-state index < -0.39 is 29.6 Å². The first-order valence-corrected chi connectivity index (χ1v) is 13.8. The van der Waals surface area contributed by atoms with Gasteiger partial charge < -0.3 is 25.4 Å². The molecule has 2 aromatic carbocycles. The van der Waals surface area contributed by atoms with E-state index in [1.807, 2.05) is 41.8 Å². The third kappa shape index (κ3) is 7.64. The number of fused-ring (bicyclic) bond motifs is 3. The Labute approximate surface area is 248 Å². The molecule has 1 unspecified atom stereocenters. The van der Waals surface area contributed by atoms with Crippen LogP contribution < -0.4 is 20.7 Å². The highest BCUT2D eigenvalue weighted by Crippen LogP contribution is 2.34. The van der Waals surface area contributed by atoms with Crippen molar-refractivity contribution in [3.05, 3.63) is 70.3 Å². The third-order valence-electron chi connectivity index (χ3n) is 6.19. The van der Waals surface area contributed by atoms with Crippen LogP contribution in [-0.2, 0) is 14.3 Å². The number of hydrogen-bond donors (Lipinski definition) is 3. The molecule has 1 aliphatic rings. The second-order valence-corrected chi connectivity index (χ2v) is 11.0. The molecule has 42 heavy (non-hydrogen) atoms. The molecule has 0 spiro atoms. The Kier molecular flexibility index (Phi) is 9.46. The second kappa shape index (κ2) is 13.0. The number of aryl methyl sites for hydroxylation is 1. The Morgan fingerprint density at radius 1 is 0.976 bits per heavy atom. The first-order valence-electron chi connectivity index (χ1n) is 13.4. The van der Waals surface area contributed by atoms with Crippen molar-refractivity contribution in [2.24, 2.45) is 4.99 Å². The number of halogens is 1. The van der Waals surface area contributed by atoms with E-state index in [-0.39, 0.29) is 26.1 Å². The van der Waals surface area contributed by atoms with E-state index in [4.69, 9.17) is 26.1 Å². The normalized spacial score (nSPS) is 14.0. The fourth-order valence-corrected chi connectivity index (χ4v) is 4.47. The van der Waals surface area contributed by atoms with Gasteiger partial charge in [0.05, 0.1) is 31.5 Å². The number of methoxy groups -OCH3 is 1. The molecule has 13 heteroatoms. The van der Waals surface area contributed by atoms with Crippen LogP contribution in [0.5, 0.6) is 5.75 Å². The number of amides is 3. The molecular weight excluding hydrogens is 562 g/mol. The van der Waals surface area contributed by atoms with Gasteiger partial charge in [-0.1, -0.05) is 23.7 Å². The lowest BCUT2D eigenvalue weighted by Gasteiger charge is -2.19. The molecule has 3 amide bonds. The predicted molar refractivity (Wildman–Crippen MR) is 157 cm³/mol. The lowest BCUT2D eigenvalue weighted by molar-refractivity contribution is -0.126. The van der Waals surface area contributed by atoms with Gasteiger partial charge in [0.2, 0.25) is 11.8 Å². The largest absolute Gasteiger partial charge is 0.497 e. The molecule has 0 saturated heterocycles. The van der Waals surface area contributed by atoms with Gasteiger partial charge in [-0.2, -0.15) is 0 Å². The van der Waals surface area contributed by atoms with Gasteiger partial charge in [-0.3, -0.25) is 19.1 Å². The number of hydrogen-bond acceptors (Lipinski definition) is 8. The lowest BCUT2D eigenvalue weighted by Crippen LogP contribution is -2.41. The van der Waals surface area contributed by atoms with Gasteiger partial charge in [-0.15, -0.1) is 10.2 Å². The zero-order chi connectivity index (χ0) is 30.4. The summed E-state index contributed by atoms with van der Waals surface area (Å²) in [5.74, 6) is 0.978. The van der Waals surface area contributed by atoms with Crippen molar-refractivity contribution in [1.82, 2.24) is 30.7 Å². The number of aromatic nitrogens is 3. The van der Waals surface area contributed by atoms with Crippen molar-refractivity contribution < 1.29 is 23.9 Å². The van der Waals surface area contributed by atoms with Gasteiger partial charge in [0.15, 0.2) is 5.82 Å². The van der Waals surface area contributed by atoms with Crippen LogP contribution in [0, 0.1) is 6.92 Å². The highest BCUT2D eigenvalue weighted by atomic mass is 35.5. The molecule has 4 rings (SSSR count). The minimum Gasteiger partial charge on any atom is -0.497 e. The van der Waals surface area contributed by atoms with Gasteiger partial charge in [0, 0.05) is 29.2 Å². The van der Waals surface area contributed by atoms with Gasteiger partial charge in [0.25, 0.3) is 0 Å². The maximum atomic E-state index is 13.0. The molecule has 0 radical (unpaired) electrons. The molecular formula is C29H34ClN7O5. The molecule has 3 N–H and O–H groups in total. The van der Waals surface area contributed by atoms with Crippen molar-refractivity contribution in [2.75, 3.05) is 26.7 Å². The third-order valence-corrected chi connectivity index (χ3v) is 6.44. The average molecular weight is 596 g/mol. The van der Waals surface area contributed by atoms with E-state index in [1.54, 1.807) is 40.0 Å². The van der Waals surface area contributed by atoms with Gasteiger partial charge >= 0.3 is 6.09 Å². The van der Waals surface area contributed by atoms with Crippen LogP contribution in [0.15, 0.2) is 47.5 Å². The van der Waals surface area contributed by atoms with Crippen LogP contribution in [0.25, 0.3) is 5.69 Å². The predicted octanol–water partition coefficient (Wildman–Crippen LogP) is 3.28. The maximum absolute atomic E-state index is 13.0. The van der Waals surface area contributed by atoms with Crippen molar-refractivity contribution in [1.29, 1.82) is 0 Å². The minimum absolute atomic E-state index is 0.0756. The Hall–Kier alpha value is -4.45. The van der Waals surface area contributed by atoms with Gasteiger partial charge in [0.1, 0.15) is 23.2 Å². The molecule has 0 aliphatic carbocycles. The quantitative estimate of drug-likeness (QED) is 0.321. The zero-order valence-electron chi connectivity index (χ0n) is 24.2. The number of aliphatic imine (C=N–C) groups is 1. The second-order valence-electron chi connectivity index (χ2n) is 10.6. The highest BCUT2D eigenvalue weighted by molar-refractivity contribution is 6.30. The van der Waals surface area contributed by atoms with Crippen LogP contribution >= 0.6 is 11.6 Å². The minimum atomic E-state index is -0.698. The molecule has 1 aromatic heterocycles. The number of alkyl carbamates (subject to hydrolysis) is 1. The molecule has 2 heterocycles. The average Bonchev–Trinajstić information content (AvgIpc) is 3.26. The summed E-state index contributed by atoms with van der Waals surface area (Å²) < 4.78 is 12.5. The molecule has 1 aliphatic heterocycles. The summed E-state index contributed by atoms with van der Waals surface area (Å²) in [6.45, 7) is 7.23. The Bertz CT molecular complexity index is 1490. The van der Waals surface area contributed by atoms with Crippen molar-refractivity contribution in [3.63, 3.8) is 0 Å². The van der Waals surface area contributed by atoms with E-state index in [0.717, 1.165) is 16.8 Å². The molecule has 0 saturated carbocycles. The Morgan fingerprint density at radius 3 is 2.38 bits per heavy atom. The number of rotatable bonds is 9. The first kappa shape index (κ1) is 30.5. The van der Waals surface area contributed by atoms with Crippen LogP contribution in [-0.4, -0.2) is 70.7 Å². The highest BCUT2D eigenvalue weighted by Gasteiger charge is 2.30. The van der Waals surface area contributed by atoms with Gasteiger partial charge in [-0.05, 0) is 58.0 Å². The summed E-state index contributed by atoms with van der Waals surface area (Å²) in [4.78, 5) is 42.0. The standard InChI is InChI=1S/C29H34ClN7O5/c1-17-35-36-27-22(15-24(38)33-16-25(39)31-12-13-32-28(40)42-29(2,3)4)34-26(18-6-8-19(30)9-7-18)21-14-20(41-5)10-11-23(21)37(17)27/h6-11,14,22H,12-13,15-16H2,1-5H3,(H,31,39)(H,32,40)(H,33,38). The molecule has 12 nitrogen and oxygen atoms in total. The summed E-state index contributed by atoms with van der Waals surface area (Å²) in [5.41, 5.74) is 2.40. The molecule has 222 valence electrons. The molecule has 0 fully saturated rings. The number of ether oxygens (including phenoxy) is 2. The van der Waals surface area contributed by atoms with Crippen LogP contribution in [0.4, 0.5) is 4.79 Å². The Balaban J connectivity index is 1.48. The van der Waals surface area contributed by atoms with E-state index in [0.29, 0.717) is 28.1 Å². The number of carbonyl (C=O) groups is 3. The SMILES string of the molecule is COc1ccc2c(c1)C(c1ccc(Cl)cc1)=NC(CC(=O)NCC(=O)NCCNC(=O)OC(C)(C)C)c1nnc(C)n1-2. The van der Waals surface area contributed by atoms with Crippen LogP contribution in [0.3, 0.4) is 0 Å². The van der Waals surface area contributed by atoms with Crippen molar-refractivity contribution in [2.45, 2.75) is 45.8 Å². The van der Waals surface area contributed by atoms with E-state index >= 15 is 0 Å². The number of carbonyl (C=O) groups excluding carboxylic acids is 3. The number of benzene rings is 2. The summed E-state index contributed by atoms with van der Waals surface area (Å²) in [6, 6.07) is 12.2. The van der Waals surface area contributed by atoms with Crippen molar-refractivity contribution >= 4 is 35.2 Å². The fraction of sp³-hybridized carbons (Fsp3) is 0.379. The monoisotopic (exact) mass is 595 g/mol. The first-order chi connectivity index (χ1) is 19.9. The summed E-state index contributed by atoms with van der Waals surface area (Å²) in [5, 5.41) is 17.1. The number of nitrogens with zero attached hydrogens (tertiary/aromatic N) is 4. The van der Waals surface area contributed by atoms with E-state index in [2.05, 4.69) is 26.1 Å². The topological polar surface area (TPSA) is 149 Å². The molecule has 3 aromatic rings. The smallest absolute Gasteiger partial charge is 0.407 e. The van der Waals surface area contributed by atoms with Gasteiger partial charge in [-0.25, -0.2) is 4.79 Å². The van der Waals surface area contributed by atoms with Crippen LogP contribution in [0.2, 0.25) is 5.02 Å². The number of nitrogens with one attached hydrogen (secondary N) is 3. The zero-order valence-corrected chi connectivity index (χ0v) is 24.9. The summed E-state index contributed by atoms with van der Waals surface area (Å²) in [7, 11) is 1.59. The van der Waals surface area contributed by atoms with Crippen LogP contribution in [0.1, 0.15) is 56.0 Å². The van der Waals surface area contributed by atoms with E-state index in [9.17, 15) is 14.4 Å². The molecule has 1 atom stereocenters. The Morgan fingerprint density at radius 2 is 1.69 bits per heavy atom. The maximum Gasteiger partial charge on any atom is 0.407 e. The van der Waals surface area contributed by atoms with Crippen molar-refractivity contribution in [3.8, 4) is 11.4 Å².